The lowest BCUT2D eigenvalue weighted by atomic mass is 10.1. The molecule has 0 aliphatic rings. The van der Waals surface area contributed by atoms with Crippen LogP contribution in [0.2, 0.25) is 0 Å². The molecular formula is C24H25NO2. The Morgan fingerprint density at radius 2 is 1.15 bits per heavy atom. The number of benzene rings is 3. The number of aliphatic carboxylic acids is 1. The summed E-state index contributed by atoms with van der Waals surface area (Å²) in [6, 6.07) is 28.9. The second kappa shape index (κ2) is 9.58. The van der Waals surface area contributed by atoms with Gasteiger partial charge in [0.2, 0.25) is 0 Å². The molecule has 3 aromatic carbocycles. The first-order chi connectivity index (χ1) is 13.2. The van der Waals surface area contributed by atoms with Crippen molar-refractivity contribution in [1.29, 1.82) is 0 Å². The Morgan fingerprint density at radius 1 is 0.667 bits per heavy atom. The number of carboxylic acids is 1. The Labute approximate surface area is 160 Å². The van der Waals surface area contributed by atoms with Crippen LogP contribution in [0.1, 0.15) is 16.7 Å². The van der Waals surface area contributed by atoms with Gasteiger partial charge in [0.05, 0.1) is 6.42 Å². The molecule has 3 heteroatoms. The Morgan fingerprint density at radius 3 is 1.59 bits per heavy atom. The molecule has 0 radical (unpaired) electrons. The summed E-state index contributed by atoms with van der Waals surface area (Å²) in [6.45, 7) is 1.85. The topological polar surface area (TPSA) is 40.5 Å². The van der Waals surface area contributed by atoms with E-state index in [1.165, 1.54) is 11.1 Å². The zero-order chi connectivity index (χ0) is 18.9. The van der Waals surface area contributed by atoms with Crippen LogP contribution < -0.4 is 4.90 Å². The summed E-state index contributed by atoms with van der Waals surface area (Å²) in [5.41, 5.74) is 4.61. The van der Waals surface area contributed by atoms with Gasteiger partial charge in [0.1, 0.15) is 0 Å². The quantitative estimate of drug-likeness (QED) is 0.607. The predicted octanol–water partition coefficient (Wildman–Crippen LogP) is 4.61. The zero-order valence-electron chi connectivity index (χ0n) is 15.4. The summed E-state index contributed by atoms with van der Waals surface area (Å²) in [5, 5.41) is 8.96. The van der Waals surface area contributed by atoms with Gasteiger partial charge in [-0.05, 0) is 41.7 Å². The molecule has 138 valence electrons. The molecule has 3 rings (SSSR count). The molecule has 0 aromatic heterocycles. The van der Waals surface area contributed by atoms with E-state index in [9.17, 15) is 4.79 Å². The molecule has 3 aromatic rings. The fourth-order valence-corrected chi connectivity index (χ4v) is 3.19. The number of rotatable bonds is 9. The molecule has 27 heavy (non-hydrogen) atoms. The second-order valence-corrected chi connectivity index (χ2v) is 6.70. The largest absolute Gasteiger partial charge is 0.481 e. The molecular weight excluding hydrogens is 334 g/mol. The minimum absolute atomic E-state index is 0.0638. The van der Waals surface area contributed by atoms with Gasteiger partial charge >= 0.3 is 5.97 Å². The molecule has 0 atom stereocenters. The maximum absolute atomic E-state index is 10.9. The van der Waals surface area contributed by atoms with E-state index < -0.39 is 5.97 Å². The van der Waals surface area contributed by atoms with Gasteiger partial charge in [0, 0.05) is 18.8 Å². The van der Waals surface area contributed by atoms with Gasteiger partial charge in [-0.15, -0.1) is 0 Å². The smallest absolute Gasteiger partial charge is 0.307 e. The van der Waals surface area contributed by atoms with Crippen LogP contribution in [0.5, 0.6) is 0 Å². The lowest BCUT2D eigenvalue weighted by Gasteiger charge is -2.25. The highest BCUT2D eigenvalue weighted by Crippen LogP contribution is 2.18. The molecule has 0 aliphatic heterocycles. The van der Waals surface area contributed by atoms with Gasteiger partial charge in [0.15, 0.2) is 0 Å². The Balaban J connectivity index is 1.70. The van der Waals surface area contributed by atoms with E-state index in [1.54, 1.807) is 0 Å². The number of carbonyl (C=O) groups is 1. The van der Waals surface area contributed by atoms with E-state index in [2.05, 4.69) is 53.4 Å². The van der Waals surface area contributed by atoms with E-state index in [1.807, 2.05) is 36.4 Å². The van der Waals surface area contributed by atoms with Crippen LogP contribution in [0, 0.1) is 0 Å². The van der Waals surface area contributed by atoms with Crippen molar-refractivity contribution in [2.45, 2.75) is 19.3 Å². The average molecular weight is 359 g/mol. The molecule has 3 nitrogen and oxygen atoms in total. The molecule has 0 saturated carbocycles. The van der Waals surface area contributed by atoms with Gasteiger partial charge in [-0.25, -0.2) is 0 Å². The molecule has 0 bridgehead atoms. The van der Waals surface area contributed by atoms with Gasteiger partial charge in [-0.3, -0.25) is 4.79 Å². The number of nitrogens with zero attached hydrogens (tertiary/aromatic N) is 1. The summed E-state index contributed by atoms with van der Waals surface area (Å²) in [4.78, 5) is 13.3. The summed E-state index contributed by atoms with van der Waals surface area (Å²) in [5.74, 6) is -0.798. The van der Waals surface area contributed by atoms with E-state index in [4.69, 9.17) is 5.11 Å². The Bertz CT molecular complexity index is 786. The van der Waals surface area contributed by atoms with Crippen molar-refractivity contribution in [2.24, 2.45) is 0 Å². The molecule has 0 saturated heterocycles. The summed E-state index contributed by atoms with van der Waals surface area (Å²) >= 11 is 0. The first kappa shape index (κ1) is 18.7. The minimum atomic E-state index is -0.798. The van der Waals surface area contributed by atoms with Crippen LogP contribution in [0.25, 0.3) is 0 Å². The minimum Gasteiger partial charge on any atom is -0.481 e. The van der Waals surface area contributed by atoms with Crippen molar-refractivity contribution in [3.63, 3.8) is 0 Å². The molecule has 0 heterocycles. The Hall–Kier alpha value is -3.07. The van der Waals surface area contributed by atoms with Crippen molar-refractivity contribution in [3.05, 3.63) is 102 Å². The van der Waals surface area contributed by atoms with Crippen molar-refractivity contribution >= 4 is 11.7 Å². The third-order valence-corrected chi connectivity index (χ3v) is 4.68. The van der Waals surface area contributed by atoms with Gasteiger partial charge in [0.25, 0.3) is 0 Å². The van der Waals surface area contributed by atoms with Crippen LogP contribution in [0.3, 0.4) is 0 Å². The van der Waals surface area contributed by atoms with Crippen LogP contribution >= 0.6 is 0 Å². The molecule has 0 fully saturated rings. The Kier molecular flexibility index (Phi) is 6.64. The average Bonchev–Trinajstić information content (AvgIpc) is 2.70. The maximum Gasteiger partial charge on any atom is 0.307 e. The number of hydrogen-bond acceptors (Lipinski definition) is 2. The molecule has 0 unspecified atom stereocenters. The van der Waals surface area contributed by atoms with Gasteiger partial charge < -0.3 is 10.0 Å². The van der Waals surface area contributed by atoms with Crippen molar-refractivity contribution in [1.82, 2.24) is 0 Å². The molecule has 0 aliphatic carbocycles. The zero-order valence-corrected chi connectivity index (χ0v) is 15.4. The molecule has 0 spiro atoms. The second-order valence-electron chi connectivity index (χ2n) is 6.70. The van der Waals surface area contributed by atoms with Crippen molar-refractivity contribution in [3.8, 4) is 0 Å². The highest BCUT2D eigenvalue weighted by atomic mass is 16.4. The predicted molar refractivity (Wildman–Crippen MR) is 110 cm³/mol. The maximum atomic E-state index is 10.9. The van der Waals surface area contributed by atoms with Crippen molar-refractivity contribution < 1.29 is 9.90 Å². The molecule has 1 N–H and O–H groups in total. The highest BCUT2D eigenvalue weighted by Gasteiger charge is 2.08. The lowest BCUT2D eigenvalue weighted by molar-refractivity contribution is -0.136. The number of carboxylic acid groups (broad SMARTS) is 1. The SMILES string of the molecule is O=C(O)Cc1ccc(N(CCc2ccccc2)CCc2ccccc2)cc1. The van der Waals surface area contributed by atoms with Crippen LogP contribution in [-0.4, -0.2) is 24.2 Å². The van der Waals surface area contributed by atoms with Crippen molar-refractivity contribution in [2.75, 3.05) is 18.0 Å². The normalized spacial score (nSPS) is 10.5. The van der Waals surface area contributed by atoms with E-state index >= 15 is 0 Å². The van der Waals surface area contributed by atoms with E-state index in [0.717, 1.165) is 37.2 Å². The fraction of sp³-hybridized carbons (Fsp3) is 0.208. The fourth-order valence-electron chi connectivity index (χ4n) is 3.19. The summed E-state index contributed by atoms with van der Waals surface area (Å²) in [6.07, 6.45) is 2.02. The van der Waals surface area contributed by atoms with E-state index in [-0.39, 0.29) is 6.42 Å². The summed E-state index contributed by atoms with van der Waals surface area (Å²) in [7, 11) is 0. The number of anilines is 1. The number of hydrogen-bond donors (Lipinski definition) is 1. The standard InChI is InChI=1S/C24H25NO2/c26-24(27)19-22-11-13-23(14-12-22)25(17-15-20-7-3-1-4-8-20)18-16-21-9-5-2-6-10-21/h1-14H,15-19H2,(H,26,27). The summed E-state index contributed by atoms with van der Waals surface area (Å²) < 4.78 is 0. The van der Waals surface area contributed by atoms with E-state index in [0.29, 0.717) is 0 Å². The molecule has 0 amide bonds. The third-order valence-electron chi connectivity index (χ3n) is 4.68. The first-order valence-corrected chi connectivity index (χ1v) is 9.34. The first-order valence-electron chi connectivity index (χ1n) is 9.34. The third kappa shape index (κ3) is 6.00. The van der Waals surface area contributed by atoms with Crippen LogP contribution in [0.4, 0.5) is 5.69 Å². The van der Waals surface area contributed by atoms with Gasteiger partial charge in [-0.2, -0.15) is 0 Å². The van der Waals surface area contributed by atoms with Gasteiger partial charge in [-0.1, -0.05) is 72.8 Å². The highest BCUT2D eigenvalue weighted by molar-refractivity contribution is 5.70. The monoisotopic (exact) mass is 359 g/mol. The lowest BCUT2D eigenvalue weighted by Crippen LogP contribution is -2.28. The van der Waals surface area contributed by atoms with Crippen LogP contribution in [0.15, 0.2) is 84.9 Å². The van der Waals surface area contributed by atoms with Crippen LogP contribution in [-0.2, 0) is 24.1 Å².